The van der Waals surface area contributed by atoms with E-state index in [1.807, 2.05) is 6.92 Å². The third-order valence-corrected chi connectivity index (χ3v) is 3.82. The molecule has 1 heterocycles. The molecule has 0 atom stereocenters. The SMILES string of the molecule is Cc1ccnc(NC2CCCCCCC2)c1C(=O)O. The van der Waals surface area contributed by atoms with Crippen LogP contribution >= 0.6 is 0 Å². The summed E-state index contributed by atoms with van der Waals surface area (Å²) in [6.45, 7) is 1.81. The van der Waals surface area contributed by atoms with Crippen LogP contribution in [0.15, 0.2) is 12.3 Å². The maximum Gasteiger partial charge on any atom is 0.339 e. The number of carboxylic acid groups (broad SMARTS) is 1. The van der Waals surface area contributed by atoms with Gasteiger partial charge in [-0.3, -0.25) is 0 Å². The molecule has 104 valence electrons. The first-order chi connectivity index (χ1) is 9.18. The molecule has 4 nitrogen and oxygen atoms in total. The molecule has 0 saturated heterocycles. The van der Waals surface area contributed by atoms with E-state index >= 15 is 0 Å². The van der Waals surface area contributed by atoms with Crippen LogP contribution in [0.3, 0.4) is 0 Å². The lowest BCUT2D eigenvalue weighted by Gasteiger charge is -2.22. The first-order valence-corrected chi connectivity index (χ1v) is 7.14. The average molecular weight is 262 g/mol. The quantitative estimate of drug-likeness (QED) is 0.873. The molecular formula is C15H22N2O2. The minimum Gasteiger partial charge on any atom is -0.478 e. The first kappa shape index (κ1) is 13.8. The van der Waals surface area contributed by atoms with E-state index in [0.29, 0.717) is 17.4 Å². The van der Waals surface area contributed by atoms with E-state index in [9.17, 15) is 9.90 Å². The van der Waals surface area contributed by atoms with Gasteiger partial charge in [-0.15, -0.1) is 0 Å². The minimum absolute atomic E-state index is 0.310. The Balaban J connectivity index is 2.13. The number of rotatable bonds is 3. The molecule has 0 radical (unpaired) electrons. The summed E-state index contributed by atoms with van der Waals surface area (Å²) < 4.78 is 0. The fourth-order valence-electron chi connectivity index (χ4n) is 2.73. The molecule has 1 aromatic rings. The second-order valence-corrected chi connectivity index (χ2v) is 5.34. The Bertz CT molecular complexity index is 438. The van der Waals surface area contributed by atoms with Gasteiger partial charge in [0.15, 0.2) is 0 Å². The van der Waals surface area contributed by atoms with Gasteiger partial charge in [0, 0.05) is 12.2 Å². The Hall–Kier alpha value is -1.58. The van der Waals surface area contributed by atoms with Crippen LogP contribution in [-0.4, -0.2) is 22.1 Å². The maximum absolute atomic E-state index is 11.3. The zero-order valence-electron chi connectivity index (χ0n) is 11.5. The summed E-state index contributed by atoms with van der Waals surface area (Å²) in [7, 11) is 0. The molecule has 4 heteroatoms. The average Bonchev–Trinajstić information content (AvgIpc) is 2.32. The van der Waals surface area contributed by atoms with Gasteiger partial charge < -0.3 is 10.4 Å². The van der Waals surface area contributed by atoms with Crippen molar-refractivity contribution in [2.24, 2.45) is 0 Å². The molecule has 1 fully saturated rings. The van der Waals surface area contributed by atoms with Crippen molar-refractivity contribution in [2.45, 2.75) is 57.9 Å². The van der Waals surface area contributed by atoms with Crippen molar-refractivity contribution >= 4 is 11.8 Å². The smallest absolute Gasteiger partial charge is 0.339 e. The van der Waals surface area contributed by atoms with Gasteiger partial charge in [-0.05, 0) is 31.4 Å². The number of nitrogens with one attached hydrogen (secondary N) is 1. The lowest BCUT2D eigenvalue weighted by Crippen LogP contribution is -2.23. The molecule has 0 bridgehead atoms. The monoisotopic (exact) mass is 262 g/mol. The largest absolute Gasteiger partial charge is 0.478 e. The van der Waals surface area contributed by atoms with Crippen LogP contribution in [-0.2, 0) is 0 Å². The summed E-state index contributed by atoms with van der Waals surface area (Å²) in [6, 6.07) is 2.10. The van der Waals surface area contributed by atoms with E-state index in [-0.39, 0.29) is 0 Å². The van der Waals surface area contributed by atoms with Gasteiger partial charge in [0.05, 0.1) is 0 Å². The maximum atomic E-state index is 11.3. The number of aromatic nitrogens is 1. The van der Waals surface area contributed by atoms with Crippen molar-refractivity contribution in [3.8, 4) is 0 Å². The lowest BCUT2D eigenvalue weighted by molar-refractivity contribution is 0.0696. The Morgan fingerprint density at radius 3 is 2.53 bits per heavy atom. The number of aromatic carboxylic acids is 1. The van der Waals surface area contributed by atoms with Gasteiger partial charge in [0.2, 0.25) is 0 Å². The van der Waals surface area contributed by atoms with Crippen molar-refractivity contribution in [2.75, 3.05) is 5.32 Å². The summed E-state index contributed by atoms with van der Waals surface area (Å²) in [4.78, 5) is 15.5. The van der Waals surface area contributed by atoms with Crippen molar-refractivity contribution in [1.82, 2.24) is 4.98 Å². The predicted molar refractivity (Wildman–Crippen MR) is 75.7 cm³/mol. The van der Waals surface area contributed by atoms with Gasteiger partial charge in [-0.1, -0.05) is 32.1 Å². The molecule has 1 saturated carbocycles. The number of carboxylic acids is 1. The van der Waals surface area contributed by atoms with Gasteiger partial charge in [-0.25, -0.2) is 9.78 Å². The Kier molecular flexibility index (Phi) is 4.77. The van der Waals surface area contributed by atoms with Gasteiger partial charge in [-0.2, -0.15) is 0 Å². The Labute approximate surface area is 114 Å². The third kappa shape index (κ3) is 3.69. The number of hydrogen-bond acceptors (Lipinski definition) is 3. The molecule has 0 amide bonds. The molecule has 0 unspecified atom stereocenters. The van der Waals surface area contributed by atoms with Gasteiger partial charge in [0.1, 0.15) is 11.4 Å². The molecule has 1 aliphatic carbocycles. The standard InChI is InChI=1S/C15H22N2O2/c1-11-9-10-16-14(13(11)15(18)19)17-12-7-5-3-2-4-6-8-12/h9-10,12H,2-8H2,1H3,(H,16,17)(H,18,19). The number of carbonyl (C=O) groups is 1. The van der Waals surface area contributed by atoms with Crippen LogP contribution in [0.2, 0.25) is 0 Å². The first-order valence-electron chi connectivity index (χ1n) is 7.14. The molecular weight excluding hydrogens is 240 g/mol. The number of hydrogen-bond donors (Lipinski definition) is 2. The molecule has 0 aliphatic heterocycles. The zero-order valence-corrected chi connectivity index (χ0v) is 11.5. The van der Waals surface area contributed by atoms with Crippen LogP contribution in [0.4, 0.5) is 5.82 Å². The summed E-state index contributed by atoms with van der Waals surface area (Å²) in [5.41, 5.74) is 1.07. The highest BCUT2D eigenvalue weighted by Crippen LogP contribution is 2.23. The number of pyridine rings is 1. The van der Waals surface area contributed by atoms with Crippen LogP contribution in [0.25, 0.3) is 0 Å². The lowest BCUT2D eigenvalue weighted by atomic mass is 9.96. The van der Waals surface area contributed by atoms with E-state index in [4.69, 9.17) is 0 Å². The molecule has 2 rings (SSSR count). The Morgan fingerprint density at radius 1 is 1.26 bits per heavy atom. The van der Waals surface area contributed by atoms with Crippen molar-refractivity contribution in [3.05, 3.63) is 23.4 Å². The van der Waals surface area contributed by atoms with E-state index in [1.165, 1.54) is 32.1 Å². The van der Waals surface area contributed by atoms with E-state index < -0.39 is 5.97 Å². The summed E-state index contributed by atoms with van der Waals surface area (Å²) in [5.74, 6) is -0.378. The molecule has 2 N–H and O–H groups in total. The van der Waals surface area contributed by atoms with Crippen molar-refractivity contribution in [3.63, 3.8) is 0 Å². The third-order valence-electron chi connectivity index (χ3n) is 3.82. The van der Waals surface area contributed by atoms with Crippen LogP contribution < -0.4 is 5.32 Å². The van der Waals surface area contributed by atoms with Crippen LogP contribution in [0, 0.1) is 6.92 Å². The van der Waals surface area contributed by atoms with Crippen molar-refractivity contribution in [1.29, 1.82) is 0 Å². The highest BCUT2D eigenvalue weighted by molar-refractivity contribution is 5.94. The summed E-state index contributed by atoms with van der Waals surface area (Å²) in [5, 5.41) is 12.6. The second kappa shape index (κ2) is 6.55. The van der Waals surface area contributed by atoms with E-state index in [0.717, 1.165) is 18.4 Å². The normalized spacial score (nSPS) is 17.5. The molecule has 1 aliphatic rings. The molecule has 0 aromatic carbocycles. The Morgan fingerprint density at radius 2 is 1.89 bits per heavy atom. The minimum atomic E-state index is -0.904. The van der Waals surface area contributed by atoms with Gasteiger partial charge >= 0.3 is 5.97 Å². The molecule has 1 aromatic heterocycles. The zero-order chi connectivity index (χ0) is 13.7. The van der Waals surface area contributed by atoms with Crippen LogP contribution in [0.5, 0.6) is 0 Å². The molecule has 19 heavy (non-hydrogen) atoms. The predicted octanol–water partition coefficient (Wildman–Crippen LogP) is 3.61. The fraction of sp³-hybridized carbons (Fsp3) is 0.600. The highest BCUT2D eigenvalue weighted by Gasteiger charge is 2.18. The number of anilines is 1. The fourth-order valence-corrected chi connectivity index (χ4v) is 2.73. The second-order valence-electron chi connectivity index (χ2n) is 5.34. The van der Waals surface area contributed by atoms with Crippen LogP contribution in [0.1, 0.15) is 60.9 Å². The van der Waals surface area contributed by atoms with E-state index in [2.05, 4.69) is 10.3 Å². The molecule has 0 spiro atoms. The summed E-state index contributed by atoms with van der Waals surface area (Å²) >= 11 is 0. The number of nitrogens with zero attached hydrogens (tertiary/aromatic N) is 1. The summed E-state index contributed by atoms with van der Waals surface area (Å²) in [6.07, 6.45) is 10.2. The highest BCUT2D eigenvalue weighted by atomic mass is 16.4. The van der Waals surface area contributed by atoms with Crippen molar-refractivity contribution < 1.29 is 9.90 Å². The van der Waals surface area contributed by atoms with Gasteiger partial charge in [0.25, 0.3) is 0 Å². The topological polar surface area (TPSA) is 62.2 Å². The number of aryl methyl sites for hydroxylation is 1. The van der Waals surface area contributed by atoms with E-state index in [1.54, 1.807) is 12.3 Å².